The van der Waals surface area contributed by atoms with Gasteiger partial charge in [0.2, 0.25) is 0 Å². The van der Waals surface area contributed by atoms with Crippen LogP contribution in [0.5, 0.6) is 5.75 Å². The second kappa shape index (κ2) is 14.3. The van der Waals surface area contributed by atoms with E-state index in [0.29, 0.717) is 5.75 Å². The van der Waals surface area contributed by atoms with E-state index in [-0.39, 0.29) is 6.29 Å². The number of para-hydroxylation sites is 1. The number of phenolic OH excluding ortho intramolecular Hbond substituents is 1. The Morgan fingerprint density at radius 2 is 1.42 bits per heavy atom. The Morgan fingerprint density at radius 3 is 2.04 bits per heavy atom. The van der Waals surface area contributed by atoms with Gasteiger partial charge < -0.3 is 14.6 Å². The SMILES string of the molecule is CCCOC(CCCCCCCCc1ccccc1O)OCCC. The van der Waals surface area contributed by atoms with Crippen molar-refractivity contribution in [2.24, 2.45) is 0 Å². The number of ether oxygens (including phenoxy) is 2. The van der Waals surface area contributed by atoms with Gasteiger partial charge in [-0.15, -0.1) is 0 Å². The molecule has 0 amide bonds. The lowest BCUT2D eigenvalue weighted by atomic mass is 10.0. The maximum Gasteiger partial charge on any atom is 0.157 e. The Bertz CT molecular complexity index is 398. The second-order valence-corrected chi connectivity index (χ2v) is 6.46. The van der Waals surface area contributed by atoms with Gasteiger partial charge in [-0.25, -0.2) is 0 Å². The molecular formula is C21H36O3. The van der Waals surface area contributed by atoms with Crippen molar-refractivity contribution in [1.82, 2.24) is 0 Å². The van der Waals surface area contributed by atoms with Gasteiger partial charge in [0.05, 0.1) is 0 Å². The molecule has 1 rings (SSSR count). The molecule has 0 aliphatic heterocycles. The summed E-state index contributed by atoms with van der Waals surface area (Å²) in [5.41, 5.74) is 1.07. The first-order valence-corrected chi connectivity index (χ1v) is 9.78. The number of rotatable bonds is 15. The van der Waals surface area contributed by atoms with Crippen LogP contribution in [0.15, 0.2) is 24.3 Å². The van der Waals surface area contributed by atoms with E-state index in [1.807, 2.05) is 18.2 Å². The van der Waals surface area contributed by atoms with Gasteiger partial charge >= 0.3 is 0 Å². The maximum absolute atomic E-state index is 9.73. The van der Waals surface area contributed by atoms with Gasteiger partial charge in [-0.05, 0) is 50.2 Å². The van der Waals surface area contributed by atoms with Crippen molar-refractivity contribution in [3.8, 4) is 5.75 Å². The minimum atomic E-state index is -0.00837. The molecule has 0 aliphatic rings. The van der Waals surface area contributed by atoms with Crippen LogP contribution in [-0.2, 0) is 15.9 Å². The Hall–Kier alpha value is -1.06. The monoisotopic (exact) mass is 336 g/mol. The van der Waals surface area contributed by atoms with E-state index in [4.69, 9.17) is 9.47 Å². The zero-order chi connectivity index (χ0) is 17.5. The van der Waals surface area contributed by atoms with Crippen LogP contribution in [0.4, 0.5) is 0 Å². The maximum atomic E-state index is 9.73. The van der Waals surface area contributed by atoms with E-state index in [2.05, 4.69) is 13.8 Å². The van der Waals surface area contributed by atoms with Crippen molar-refractivity contribution in [3.05, 3.63) is 29.8 Å². The summed E-state index contributed by atoms with van der Waals surface area (Å²) in [6.45, 7) is 5.85. The van der Waals surface area contributed by atoms with E-state index in [0.717, 1.165) is 50.9 Å². The van der Waals surface area contributed by atoms with Crippen LogP contribution >= 0.6 is 0 Å². The summed E-state index contributed by atoms with van der Waals surface area (Å²) in [5, 5.41) is 9.73. The molecule has 0 radical (unpaired) electrons. The number of phenols is 1. The van der Waals surface area contributed by atoms with Crippen LogP contribution in [0, 0.1) is 0 Å². The van der Waals surface area contributed by atoms with Crippen molar-refractivity contribution >= 4 is 0 Å². The first-order chi connectivity index (χ1) is 11.8. The Labute approximate surface area is 148 Å². The quantitative estimate of drug-likeness (QED) is 0.323. The van der Waals surface area contributed by atoms with Crippen molar-refractivity contribution in [2.75, 3.05) is 13.2 Å². The van der Waals surface area contributed by atoms with Crippen LogP contribution in [0.1, 0.15) is 77.2 Å². The lowest BCUT2D eigenvalue weighted by molar-refractivity contribution is -0.146. The predicted octanol–water partition coefficient (Wildman–Crippen LogP) is 5.84. The van der Waals surface area contributed by atoms with E-state index < -0.39 is 0 Å². The lowest BCUT2D eigenvalue weighted by Crippen LogP contribution is -2.18. The van der Waals surface area contributed by atoms with Gasteiger partial charge in [0.1, 0.15) is 5.75 Å². The van der Waals surface area contributed by atoms with Crippen LogP contribution < -0.4 is 0 Å². The molecule has 0 heterocycles. The molecule has 0 saturated heterocycles. The minimum absolute atomic E-state index is 0.00837. The molecule has 0 bridgehead atoms. The average molecular weight is 337 g/mol. The number of aromatic hydroxyl groups is 1. The predicted molar refractivity (Wildman–Crippen MR) is 100 cm³/mol. The Balaban J connectivity index is 2.01. The molecule has 0 saturated carbocycles. The fourth-order valence-electron chi connectivity index (χ4n) is 2.77. The van der Waals surface area contributed by atoms with Crippen molar-refractivity contribution in [1.29, 1.82) is 0 Å². The summed E-state index contributed by atoms with van der Waals surface area (Å²) < 4.78 is 11.5. The molecule has 0 atom stereocenters. The number of hydrogen-bond donors (Lipinski definition) is 1. The van der Waals surface area contributed by atoms with Gasteiger partial charge in [-0.3, -0.25) is 0 Å². The van der Waals surface area contributed by atoms with Crippen LogP contribution in [0.2, 0.25) is 0 Å². The smallest absolute Gasteiger partial charge is 0.157 e. The topological polar surface area (TPSA) is 38.7 Å². The molecule has 3 nitrogen and oxygen atoms in total. The van der Waals surface area contributed by atoms with Gasteiger partial charge in [-0.2, -0.15) is 0 Å². The Morgan fingerprint density at radius 1 is 0.833 bits per heavy atom. The first-order valence-electron chi connectivity index (χ1n) is 9.78. The van der Waals surface area contributed by atoms with E-state index in [1.165, 1.54) is 32.1 Å². The summed E-state index contributed by atoms with van der Waals surface area (Å²) in [6, 6.07) is 7.66. The fourth-order valence-corrected chi connectivity index (χ4v) is 2.77. The summed E-state index contributed by atoms with van der Waals surface area (Å²) >= 11 is 0. The summed E-state index contributed by atoms with van der Waals surface area (Å²) in [4.78, 5) is 0. The molecule has 24 heavy (non-hydrogen) atoms. The summed E-state index contributed by atoms with van der Waals surface area (Å²) in [5.74, 6) is 0.433. The van der Waals surface area contributed by atoms with E-state index >= 15 is 0 Å². The summed E-state index contributed by atoms with van der Waals surface area (Å²) in [7, 11) is 0. The highest BCUT2D eigenvalue weighted by Gasteiger charge is 2.08. The van der Waals surface area contributed by atoms with E-state index in [9.17, 15) is 5.11 Å². The molecule has 0 spiro atoms. The Kier molecular flexibility index (Phi) is 12.5. The van der Waals surface area contributed by atoms with E-state index in [1.54, 1.807) is 6.07 Å². The second-order valence-electron chi connectivity index (χ2n) is 6.46. The minimum Gasteiger partial charge on any atom is -0.508 e. The van der Waals surface area contributed by atoms with Crippen molar-refractivity contribution < 1.29 is 14.6 Å². The molecule has 138 valence electrons. The number of hydrogen-bond acceptors (Lipinski definition) is 3. The average Bonchev–Trinajstić information content (AvgIpc) is 2.60. The van der Waals surface area contributed by atoms with Crippen molar-refractivity contribution in [3.63, 3.8) is 0 Å². The van der Waals surface area contributed by atoms with Gasteiger partial charge in [-0.1, -0.05) is 57.7 Å². The van der Waals surface area contributed by atoms with Crippen LogP contribution in [0.3, 0.4) is 0 Å². The third-order valence-corrected chi connectivity index (χ3v) is 4.14. The highest BCUT2D eigenvalue weighted by Crippen LogP contribution is 2.19. The highest BCUT2D eigenvalue weighted by molar-refractivity contribution is 5.31. The highest BCUT2D eigenvalue weighted by atomic mass is 16.7. The molecular weight excluding hydrogens is 300 g/mol. The summed E-state index contributed by atoms with van der Waals surface area (Å²) in [6.07, 6.45) is 11.4. The number of aryl methyl sites for hydroxylation is 1. The molecule has 0 aromatic heterocycles. The number of unbranched alkanes of at least 4 members (excludes halogenated alkanes) is 5. The van der Waals surface area contributed by atoms with Crippen molar-refractivity contribution in [2.45, 2.75) is 84.3 Å². The van der Waals surface area contributed by atoms with Crippen LogP contribution in [-0.4, -0.2) is 24.6 Å². The molecule has 3 heteroatoms. The van der Waals surface area contributed by atoms with Gasteiger partial charge in [0, 0.05) is 13.2 Å². The fraction of sp³-hybridized carbons (Fsp3) is 0.714. The number of benzene rings is 1. The zero-order valence-electron chi connectivity index (χ0n) is 15.6. The van der Waals surface area contributed by atoms with Crippen LogP contribution in [0.25, 0.3) is 0 Å². The van der Waals surface area contributed by atoms with Gasteiger partial charge in [0.15, 0.2) is 6.29 Å². The zero-order valence-corrected chi connectivity index (χ0v) is 15.6. The first kappa shape index (κ1) is 21.0. The molecule has 0 unspecified atom stereocenters. The molecule has 0 aliphatic carbocycles. The van der Waals surface area contributed by atoms with Gasteiger partial charge in [0.25, 0.3) is 0 Å². The molecule has 1 aromatic carbocycles. The third-order valence-electron chi connectivity index (χ3n) is 4.14. The lowest BCUT2D eigenvalue weighted by Gasteiger charge is -2.18. The largest absolute Gasteiger partial charge is 0.508 e. The normalized spacial score (nSPS) is 11.3. The third kappa shape index (κ3) is 9.94. The molecule has 0 fully saturated rings. The molecule has 1 N–H and O–H groups in total. The molecule has 1 aromatic rings. The standard InChI is InChI=1S/C21H36O3/c1-3-17-23-21(24-18-4-2)16-10-8-6-5-7-9-13-19-14-11-12-15-20(19)22/h11-12,14-15,21-22H,3-10,13,16-18H2,1-2H3.